The number of carbonyl (C=O) groups excluding carboxylic acids is 1. The molecule has 1 aliphatic heterocycles. The molecular formula is C18H25N5O2. The van der Waals surface area contributed by atoms with Gasteiger partial charge in [-0.25, -0.2) is 4.68 Å². The number of hydrogen-bond acceptors (Lipinski definition) is 5. The van der Waals surface area contributed by atoms with Gasteiger partial charge in [0.1, 0.15) is 0 Å². The van der Waals surface area contributed by atoms with E-state index in [4.69, 9.17) is 4.74 Å². The van der Waals surface area contributed by atoms with Gasteiger partial charge in [-0.2, -0.15) is 0 Å². The van der Waals surface area contributed by atoms with Crippen LogP contribution in [0.5, 0.6) is 0 Å². The van der Waals surface area contributed by atoms with Crippen LogP contribution in [0.4, 0.5) is 0 Å². The highest BCUT2D eigenvalue weighted by Crippen LogP contribution is 2.20. The molecule has 3 rings (SSSR count). The Morgan fingerprint density at radius 2 is 2.12 bits per heavy atom. The summed E-state index contributed by atoms with van der Waals surface area (Å²) < 4.78 is 7.14. The number of nitrogens with zero attached hydrogens (tertiary/aromatic N) is 5. The number of morpholine rings is 1. The maximum absolute atomic E-state index is 12.7. The van der Waals surface area contributed by atoms with Gasteiger partial charge in [-0.15, -0.1) is 5.10 Å². The topological polar surface area (TPSA) is 63.5 Å². The van der Waals surface area contributed by atoms with E-state index in [1.54, 1.807) is 23.7 Å². The van der Waals surface area contributed by atoms with Crippen LogP contribution in [-0.2, 0) is 16.1 Å². The summed E-state index contributed by atoms with van der Waals surface area (Å²) in [5, 5.41) is 8.54. The van der Waals surface area contributed by atoms with E-state index in [9.17, 15) is 4.79 Å². The molecule has 0 saturated carbocycles. The molecule has 2 heterocycles. The van der Waals surface area contributed by atoms with Crippen molar-refractivity contribution in [1.82, 2.24) is 24.8 Å². The molecule has 25 heavy (non-hydrogen) atoms. The molecule has 0 spiro atoms. The Hall–Kier alpha value is -2.25. The number of likely N-dealkylation sites (N-methyl/N-ethyl adjacent to an activating group) is 1. The molecule has 134 valence electrons. The van der Waals surface area contributed by atoms with Crippen LogP contribution in [0.1, 0.15) is 24.2 Å². The van der Waals surface area contributed by atoms with Crippen molar-refractivity contribution in [3.05, 3.63) is 47.8 Å². The summed E-state index contributed by atoms with van der Waals surface area (Å²) in [6.45, 7) is 5.21. The van der Waals surface area contributed by atoms with Crippen LogP contribution in [0.3, 0.4) is 0 Å². The zero-order valence-electron chi connectivity index (χ0n) is 15.0. The third kappa shape index (κ3) is 4.05. The van der Waals surface area contributed by atoms with E-state index in [2.05, 4.69) is 22.1 Å². The van der Waals surface area contributed by atoms with Crippen molar-refractivity contribution in [3.8, 4) is 0 Å². The van der Waals surface area contributed by atoms with E-state index in [-0.39, 0.29) is 5.91 Å². The van der Waals surface area contributed by atoms with Gasteiger partial charge >= 0.3 is 0 Å². The number of hydrogen-bond donors (Lipinski definition) is 0. The monoisotopic (exact) mass is 343 g/mol. The fourth-order valence-corrected chi connectivity index (χ4v) is 3.00. The molecule has 1 aliphatic rings. The Morgan fingerprint density at radius 3 is 2.80 bits per heavy atom. The summed E-state index contributed by atoms with van der Waals surface area (Å²) in [5.74, 6) is -0.0256. The third-order valence-corrected chi connectivity index (χ3v) is 4.48. The minimum atomic E-state index is -0.500. The molecule has 2 atom stereocenters. The van der Waals surface area contributed by atoms with Crippen LogP contribution < -0.4 is 0 Å². The van der Waals surface area contributed by atoms with Crippen LogP contribution in [0, 0.1) is 0 Å². The van der Waals surface area contributed by atoms with E-state index < -0.39 is 6.04 Å². The maximum Gasteiger partial charge on any atom is 0.251 e. The fourth-order valence-electron chi connectivity index (χ4n) is 3.00. The Balaban J connectivity index is 1.82. The van der Waals surface area contributed by atoms with Gasteiger partial charge in [-0.1, -0.05) is 35.5 Å². The van der Waals surface area contributed by atoms with Crippen LogP contribution in [-0.4, -0.2) is 70.6 Å². The molecule has 1 fully saturated rings. The van der Waals surface area contributed by atoms with Gasteiger partial charge in [0.15, 0.2) is 6.04 Å². The number of aromatic nitrogens is 3. The first-order valence-electron chi connectivity index (χ1n) is 8.55. The largest absolute Gasteiger partial charge is 0.379 e. The lowest BCUT2D eigenvalue weighted by atomic mass is 10.1. The number of rotatable bonds is 5. The summed E-state index contributed by atoms with van der Waals surface area (Å²) in [7, 11) is 3.51. The van der Waals surface area contributed by atoms with E-state index in [0.29, 0.717) is 12.6 Å². The Morgan fingerprint density at radius 1 is 1.36 bits per heavy atom. The van der Waals surface area contributed by atoms with E-state index >= 15 is 0 Å². The van der Waals surface area contributed by atoms with Crippen LogP contribution >= 0.6 is 0 Å². The summed E-state index contributed by atoms with van der Waals surface area (Å²) in [4.78, 5) is 16.6. The second-order valence-corrected chi connectivity index (χ2v) is 6.63. The first-order chi connectivity index (χ1) is 12.1. The second-order valence-electron chi connectivity index (χ2n) is 6.63. The minimum absolute atomic E-state index is 0.0256. The maximum atomic E-state index is 12.7. The predicted molar refractivity (Wildman–Crippen MR) is 94.0 cm³/mol. The van der Waals surface area contributed by atoms with E-state index in [1.807, 2.05) is 36.5 Å². The average molecular weight is 343 g/mol. The van der Waals surface area contributed by atoms with E-state index in [1.165, 1.54) is 0 Å². The van der Waals surface area contributed by atoms with Gasteiger partial charge in [-0.3, -0.25) is 9.69 Å². The minimum Gasteiger partial charge on any atom is -0.379 e. The molecule has 1 aromatic carbocycles. The number of carbonyl (C=O) groups is 1. The summed E-state index contributed by atoms with van der Waals surface area (Å²) in [5.41, 5.74) is 1.76. The van der Waals surface area contributed by atoms with Crippen molar-refractivity contribution >= 4 is 5.91 Å². The molecule has 0 aliphatic carbocycles. The first-order valence-corrected chi connectivity index (χ1v) is 8.55. The highest BCUT2D eigenvalue weighted by atomic mass is 16.5. The summed E-state index contributed by atoms with van der Waals surface area (Å²) in [6.07, 6.45) is 1.88. The average Bonchev–Trinajstić information content (AvgIpc) is 3.06. The predicted octanol–water partition coefficient (Wildman–Crippen LogP) is 1.18. The van der Waals surface area contributed by atoms with Crippen molar-refractivity contribution < 1.29 is 9.53 Å². The SMILES string of the molecule is C[C@@H]1COCCN1Cc1cn(C(C(=O)N(C)C)c2ccccc2)nn1. The first kappa shape index (κ1) is 17.6. The van der Waals surface area contributed by atoms with Crippen molar-refractivity contribution in [2.45, 2.75) is 25.6 Å². The van der Waals surface area contributed by atoms with E-state index in [0.717, 1.165) is 31.0 Å². The number of amides is 1. The number of ether oxygens (including phenoxy) is 1. The molecule has 0 bridgehead atoms. The molecule has 1 amide bonds. The lowest BCUT2D eigenvalue weighted by Crippen LogP contribution is -2.43. The van der Waals surface area contributed by atoms with Crippen molar-refractivity contribution in [3.63, 3.8) is 0 Å². The smallest absolute Gasteiger partial charge is 0.251 e. The molecular weight excluding hydrogens is 318 g/mol. The van der Waals surface area contributed by atoms with Crippen molar-refractivity contribution in [2.75, 3.05) is 33.9 Å². The number of benzene rings is 1. The Labute approximate surface area is 148 Å². The van der Waals surface area contributed by atoms with Crippen molar-refractivity contribution in [2.24, 2.45) is 0 Å². The quantitative estimate of drug-likeness (QED) is 0.816. The normalized spacial score (nSPS) is 19.6. The molecule has 2 aromatic rings. The van der Waals surface area contributed by atoms with Gasteiger partial charge < -0.3 is 9.64 Å². The molecule has 1 saturated heterocycles. The van der Waals surface area contributed by atoms with Crippen LogP contribution in [0.15, 0.2) is 36.5 Å². The molecule has 0 N–H and O–H groups in total. The zero-order chi connectivity index (χ0) is 17.8. The lowest BCUT2D eigenvalue weighted by Gasteiger charge is -2.32. The van der Waals surface area contributed by atoms with Gasteiger partial charge in [0.25, 0.3) is 5.91 Å². The molecule has 1 aromatic heterocycles. The molecule has 7 heteroatoms. The lowest BCUT2D eigenvalue weighted by molar-refractivity contribution is -0.131. The summed E-state index contributed by atoms with van der Waals surface area (Å²) >= 11 is 0. The highest BCUT2D eigenvalue weighted by Gasteiger charge is 2.26. The summed E-state index contributed by atoms with van der Waals surface area (Å²) in [6, 6.07) is 9.53. The zero-order valence-corrected chi connectivity index (χ0v) is 15.0. The van der Waals surface area contributed by atoms with Gasteiger partial charge in [-0.05, 0) is 12.5 Å². The van der Waals surface area contributed by atoms with Crippen LogP contribution in [0.2, 0.25) is 0 Å². The fraction of sp³-hybridized carbons (Fsp3) is 0.500. The Kier molecular flexibility index (Phi) is 5.45. The highest BCUT2D eigenvalue weighted by molar-refractivity contribution is 5.83. The van der Waals surface area contributed by atoms with Gasteiger partial charge in [0.2, 0.25) is 0 Å². The molecule has 7 nitrogen and oxygen atoms in total. The van der Waals surface area contributed by atoms with Crippen molar-refractivity contribution in [1.29, 1.82) is 0 Å². The van der Waals surface area contributed by atoms with Gasteiger partial charge in [0, 0.05) is 33.2 Å². The third-order valence-electron chi connectivity index (χ3n) is 4.48. The standard InChI is InChI=1S/C18H25N5O2/c1-14-13-25-10-9-22(14)11-16-12-23(20-19-16)17(18(24)21(2)3)15-7-5-4-6-8-15/h4-8,12,14,17H,9-11,13H2,1-3H3/t14-,17?/m1/s1. The van der Waals surface area contributed by atoms with Gasteiger partial charge in [0.05, 0.1) is 25.1 Å². The molecule has 0 radical (unpaired) electrons. The second kappa shape index (κ2) is 7.76. The van der Waals surface area contributed by atoms with Crippen LogP contribution in [0.25, 0.3) is 0 Å². The molecule has 1 unspecified atom stereocenters. The Bertz CT molecular complexity index is 701.